The summed E-state index contributed by atoms with van der Waals surface area (Å²) in [6, 6.07) is 9.42. The van der Waals surface area contributed by atoms with Crippen LogP contribution in [0.2, 0.25) is 0 Å². The Hall–Kier alpha value is -0.900. The smallest absolute Gasteiger partial charge is 0.169 e. The van der Waals surface area contributed by atoms with Crippen molar-refractivity contribution in [1.82, 2.24) is 0 Å². The Morgan fingerprint density at radius 1 is 1.38 bits per heavy atom. The van der Waals surface area contributed by atoms with Crippen molar-refractivity contribution in [1.29, 1.82) is 0 Å². The van der Waals surface area contributed by atoms with Gasteiger partial charge in [0.05, 0.1) is 6.04 Å². The van der Waals surface area contributed by atoms with Crippen LogP contribution in [0.4, 0.5) is 0 Å². The average Bonchev–Trinajstić information content (AvgIpc) is 2.18. The fraction of sp³-hybridized carbons (Fsp3) is 0.400. The van der Waals surface area contributed by atoms with Gasteiger partial charge in [-0.25, -0.2) is 0 Å². The fourth-order valence-electron chi connectivity index (χ4n) is 1.16. The summed E-state index contributed by atoms with van der Waals surface area (Å²) in [7, 11) is 1.44. The maximum Gasteiger partial charge on any atom is 0.169 e. The van der Waals surface area contributed by atoms with Crippen molar-refractivity contribution in [2.75, 3.05) is 7.11 Å². The number of hydrogen-bond donors (Lipinski definition) is 2. The summed E-state index contributed by atoms with van der Waals surface area (Å²) >= 11 is 0. The highest BCUT2D eigenvalue weighted by Gasteiger charge is 2.13. The second-order valence-electron chi connectivity index (χ2n) is 2.98. The van der Waals surface area contributed by atoms with Gasteiger partial charge in [0.25, 0.3) is 0 Å². The van der Waals surface area contributed by atoms with Crippen LogP contribution in [0.3, 0.4) is 0 Å². The molecule has 0 amide bonds. The molecule has 2 atom stereocenters. The quantitative estimate of drug-likeness (QED) is 0.666. The van der Waals surface area contributed by atoms with Crippen molar-refractivity contribution in [3.63, 3.8) is 0 Å². The summed E-state index contributed by atoms with van der Waals surface area (Å²) in [5.74, 6) is 0. The van der Waals surface area contributed by atoms with Crippen molar-refractivity contribution < 1.29 is 9.84 Å². The Kier molecular flexibility index (Phi) is 3.89. The van der Waals surface area contributed by atoms with Crippen LogP contribution in [0.25, 0.3) is 0 Å². The fourth-order valence-corrected chi connectivity index (χ4v) is 1.16. The molecule has 3 nitrogen and oxygen atoms in total. The first-order valence-electron chi connectivity index (χ1n) is 4.24. The first kappa shape index (κ1) is 10.2. The number of benzene rings is 1. The van der Waals surface area contributed by atoms with Crippen LogP contribution >= 0.6 is 0 Å². The predicted octanol–water partition coefficient (Wildman–Crippen LogP) is 0.521. The van der Waals surface area contributed by atoms with Crippen LogP contribution in [-0.4, -0.2) is 24.5 Å². The second-order valence-corrected chi connectivity index (χ2v) is 2.98. The number of methoxy groups -OCH3 is 1. The molecule has 3 heteroatoms. The van der Waals surface area contributed by atoms with Gasteiger partial charge in [0, 0.05) is 7.11 Å². The molecule has 0 saturated heterocycles. The Morgan fingerprint density at radius 3 is 2.54 bits per heavy atom. The summed E-state index contributed by atoms with van der Waals surface area (Å²) in [6.07, 6.45) is -0.268. The molecule has 0 radical (unpaired) electrons. The largest absolute Gasteiger partial charge is 0.367 e. The van der Waals surface area contributed by atoms with E-state index < -0.39 is 6.29 Å². The Bertz CT molecular complexity index is 238. The molecule has 72 valence electrons. The number of aliphatic hydroxyl groups excluding tert-OH is 1. The van der Waals surface area contributed by atoms with Gasteiger partial charge in [-0.2, -0.15) is 0 Å². The maximum absolute atomic E-state index is 9.24. The molecule has 0 aliphatic heterocycles. The van der Waals surface area contributed by atoms with E-state index in [0.29, 0.717) is 6.42 Å². The zero-order valence-corrected chi connectivity index (χ0v) is 7.68. The predicted molar refractivity (Wildman–Crippen MR) is 51.1 cm³/mol. The third-order valence-electron chi connectivity index (χ3n) is 1.92. The monoisotopic (exact) mass is 181 g/mol. The highest BCUT2D eigenvalue weighted by atomic mass is 16.6. The first-order valence-corrected chi connectivity index (χ1v) is 4.24. The van der Waals surface area contributed by atoms with Crippen molar-refractivity contribution >= 4 is 0 Å². The maximum atomic E-state index is 9.24. The molecule has 13 heavy (non-hydrogen) atoms. The molecule has 0 bridgehead atoms. The van der Waals surface area contributed by atoms with E-state index in [1.54, 1.807) is 0 Å². The molecule has 0 aliphatic carbocycles. The van der Waals surface area contributed by atoms with Crippen LogP contribution in [0.5, 0.6) is 0 Å². The molecule has 1 rings (SSSR count). The normalized spacial score (nSPS) is 15.3. The average molecular weight is 181 g/mol. The van der Waals surface area contributed by atoms with Crippen LogP contribution in [0.1, 0.15) is 5.56 Å². The zero-order valence-electron chi connectivity index (χ0n) is 7.68. The van der Waals surface area contributed by atoms with Crippen LogP contribution in [0, 0.1) is 0 Å². The number of nitrogens with two attached hydrogens (primary N) is 1. The molecular formula is C10H15NO2. The first-order chi connectivity index (χ1) is 6.24. The van der Waals surface area contributed by atoms with Gasteiger partial charge >= 0.3 is 0 Å². The van der Waals surface area contributed by atoms with E-state index in [1.807, 2.05) is 30.3 Å². The van der Waals surface area contributed by atoms with Crippen molar-refractivity contribution in [3.8, 4) is 0 Å². The lowest BCUT2D eigenvalue weighted by Crippen LogP contribution is -2.37. The minimum atomic E-state index is -0.889. The highest BCUT2D eigenvalue weighted by molar-refractivity contribution is 5.15. The summed E-state index contributed by atoms with van der Waals surface area (Å²) in [5.41, 5.74) is 6.79. The van der Waals surface area contributed by atoms with Crippen molar-refractivity contribution in [2.45, 2.75) is 18.8 Å². The number of aliphatic hydroxyl groups is 1. The molecule has 3 N–H and O–H groups in total. The molecule has 1 aromatic rings. The lowest BCUT2D eigenvalue weighted by Gasteiger charge is -2.16. The summed E-state index contributed by atoms with van der Waals surface area (Å²) in [6.45, 7) is 0. The van der Waals surface area contributed by atoms with Gasteiger partial charge in [-0.1, -0.05) is 30.3 Å². The second kappa shape index (κ2) is 4.97. The summed E-state index contributed by atoms with van der Waals surface area (Å²) in [5, 5.41) is 9.24. The van der Waals surface area contributed by atoms with E-state index in [9.17, 15) is 5.11 Å². The van der Waals surface area contributed by atoms with E-state index in [2.05, 4.69) is 0 Å². The highest BCUT2D eigenvalue weighted by Crippen LogP contribution is 2.04. The zero-order chi connectivity index (χ0) is 9.68. The van der Waals surface area contributed by atoms with Crippen LogP contribution < -0.4 is 5.73 Å². The van der Waals surface area contributed by atoms with Gasteiger partial charge in [0.1, 0.15) is 0 Å². The topological polar surface area (TPSA) is 55.5 Å². The minimum Gasteiger partial charge on any atom is -0.367 e. The summed E-state index contributed by atoms with van der Waals surface area (Å²) in [4.78, 5) is 0. The number of hydrogen-bond acceptors (Lipinski definition) is 3. The molecule has 0 spiro atoms. The lowest BCUT2D eigenvalue weighted by molar-refractivity contribution is -0.0890. The van der Waals surface area contributed by atoms with E-state index in [4.69, 9.17) is 10.5 Å². The Balaban J connectivity index is 2.50. The minimum absolute atomic E-state index is 0.368. The SMILES string of the molecule is COC(O)[C@@H](N)Cc1ccccc1. The Morgan fingerprint density at radius 2 is 2.00 bits per heavy atom. The Labute approximate surface area is 78.1 Å². The number of ether oxygens (including phenoxy) is 1. The molecular weight excluding hydrogens is 166 g/mol. The van der Waals surface area contributed by atoms with E-state index in [0.717, 1.165) is 5.56 Å². The van der Waals surface area contributed by atoms with E-state index in [-0.39, 0.29) is 6.04 Å². The van der Waals surface area contributed by atoms with Crippen LogP contribution in [-0.2, 0) is 11.2 Å². The molecule has 0 fully saturated rings. The summed E-state index contributed by atoms with van der Waals surface area (Å²) < 4.78 is 4.71. The third-order valence-corrected chi connectivity index (χ3v) is 1.92. The standard InChI is InChI=1S/C10H15NO2/c1-13-10(12)9(11)7-8-5-3-2-4-6-8/h2-6,9-10,12H,7,11H2,1H3/t9-,10?/m0/s1. The number of rotatable bonds is 4. The third kappa shape index (κ3) is 3.14. The van der Waals surface area contributed by atoms with Gasteiger partial charge in [0.2, 0.25) is 0 Å². The molecule has 1 aromatic carbocycles. The molecule has 1 unspecified atom stereocenters. The van der Waals surface area contributed by atoms with Gasteiger partial charge in [-0.05, 0) is 12.0 Å². The molecule has 0 aromatic heterocycles. The molecule has 0 saturated carbocycles. The van der Waals surface area contributed by atoms with Gasteiger partial charge in [-0.3, -0.25) is 0 Å². The van der Waals surface area contributed by atoms with Crippen molar-refractivity contribution in [2.24, 2.45) is 5.73 Å². The van der Waals surface area contributed by atoms with Gasteiger partial charge in [0.15, 0.2) is 6.29 Å². The van der Waals surface area contributed by atoms with Crippen LogP contribution in [0.15, 0.2) is 30.3 Å². The molecule has 0 aliphatic rings. The molecule has 0 heterocycles. The van der Waals surface area contributed by atoms with E-state index in [1.165, 1.54) is 7.11 Å². The van der Waals surface area contributed by atoms with Gasteiger partial charge in [-0.15, -0.1) is 0 Å². The lowest BCUT2D eigenvalue weighted by atomic mass is 10.1. The van der Waals surface area contributed by atoms with Crippen molar-refractivity contribution in [3.05, 3.63) is 35.9 Å². The van der Waals surface area contributed by atoms with Gasteiger partial charge < -0.3 is 15.6 Å². The van der Waals surface area contributed by atoms with E-state index >= 15 is 0 Å².